The zero-order valence-electron chi connectivity index (χ0n) is 8.04. The van der Waals surface area contributed by atoms with E-state index < -0.39 is 0 Å². The van der Waals surface area contributed by atoms with Crippen LogP contribution in [0.5, 0.6) is 0 Å². The van der Waals surface area contributed by atoms with E-state index in [2.05, 4.69) is 43.1 Å². The summed E-state index contributed by atoms with van der Waals surface area (Å²) in [7, 11) is 0. The number of benzene rings is 1. The largest absolute Gasteiger partial charge is 0.260 e. The monoisotopic (exact) mass is 171 g/mol. The van der Waals surface area contributed by atoms with E-state index in [1.165, 1.54) is 22.0 Å². The molecule has 0 amide bonds. The molecule has 0 saturated heterocycles. The van der Waals surface area contributed by atoms with Crippen LogP contribution in [0, 0.1) is 6.92 Å². The summed E-state index contributed by atoms with van der Waals surface area (Å²) in [6.45, 7) is 4.29. The summed E-state index contributed by atoms with van der Waals surface area (Å²) in [5.74, 6) is 0. The number of fused-ring (bicyclic) bond motifs is 1. The normalized spacial score (nSPS) is 10.6. The van der Waals surface area contributed by atoms with E-state index in [0.717, 1.165) is 6.42 Å². The molecular formula is C12H13N. The van der Waals surface area contributed by atoms with Crippen molar-refractivity contribution >= 4 is 10.8 Å². The van der Waals surface area contributed by atoms with Gasteiger partial charge in [-0.1, -0.05) is 31.2 Å². The van der Waals surface area contributed by atoms with Gasteiger partial charge in [0.15, 0.2) is 0 Å². The summed E-state index contributed by atoms with van der Waals surface area (Å²) in [5.41, 5.74) is 2.53. The van der Waals surface area contributed by atoms with Gasteiger partial charge in [0, 0.05) is 17.3 Å². The summed E-state index contributed by atoms with van der Waals surface area (Å²) < 4.78 is 0. The lowest BCUT2D eigenvalue weighted by Crippen LogP contribution is -1.92. The molecule has 1 nitrogen and oxygen atoms in total. The van der Waals surface area contributed by atoms with E-state index in [9.17, 15) is 0 Å². The molecule has 1 heteroatoms. The molecule has 0 atom stereocenters. The van der Waals surface area contributed by atoms with Crippen molar-refractivity contribution in [2.75, 3.05) is 0 Å². The Morgan fingerprint density at radius 1 is 1.23 bits per heavy atom. The molecule has 0 spiro atoms. The summed E-state index contributed by atoms with van der Waals surface area (Å²) in [6, 6.07) is 8.39. The Morgan fingerprint density at radius 2 is 2.00 bits per heavy atom. The molecule has 0 N–H and O–H groups in total. The summed E-state index contributed by atoms with van der Waals surface area (Å²) in [6.07, 6.45) is 2.97. The van der Waals surface area contributed by atoms with Crippen molar-refractivity contribution < 1.29 is 0 Å². The smallest absolute Gasteiger partial charge is 0.0436 e. The van der Waals surface area contributed by atoms with Gasteiger partial charge in [0.25, 0.3) is 0 Å². The second-order valence-corrected chi connectivity index (χ2v) is 3.27. The predicted octanol–water partition coefficient (Wildman–Crippen LogP) is 3.11. The molecule has 13 heavy (non-hydrogen) atoms. The zero-order valence-corrected chi connectivity index (χ0v) is 8.04. The van der Waals surface area contributed by atoms with Gasteiger partial charge in [0.1, 0.15) is 0 Å². The molecule has 1 heterocycles. The highest BCUT2D eigenvalue weighted by Crippen LogP contribution is 2.19. The van der Waals surface area contributed by atoms with E-state index in [0.29, 0.717) is 0 Å². The number of rotatable bonds is 1. The Balaban J connectivity index is 2.79. The van der Waals surface area contributed by atoms with Gasteiger partial charge in [-0.15, -0.1) is 0 Å². The first-order valence-electron chi connectivity index (χ1n) is 4.66. The number of hydrogen-bond donors (Lipinski definition) is 0. The lowest BCUT2D eigenvalue weighted by Gasteiger charge is -2.05. The van der Waals surface area contributed by atoms with Crippen LogP contribution in [0.15, 0.2) is 30.5 Å². The van der Waals surface area contributed by atoms with Crippen molar-refractivity contribution in [1.82, 2.24) is 4.98 Å². The molecule has 0 aliphatic carbocycles. The van der Waals surface area contributed by atoms with Crippen LogP contribution in [0.3, 0.4) is 0 Å². The van der Waals surface area contributed by atoms with E-state index in [4.69, 9.17) is 0 Å². The summed E-state index contributed by atoms with van der Waals surface area (Å²) >= 11 is 0. The Hall–Kier alpha value is -1.37. The van der Waals surface area contributed by atoms with Crippen LogP contribution >= 0.6 is 0 Å². The number of aryl methyl sites for hydroxylation is 2. The second-order valence-electron chi connectivity index (χ2n) is 3.27. The van der Waals surface area contributed by atoms with Crippen LogP contribution in [0.1, 0.15) is 18.2 Å². The minimum absolute atomic E-state index is 1.01. The molecule has 66 valence electrons. The maximum absolute atomic E-state index is 4.42. The van der Waals surface area contributed by atoms with Crippen LogP contribution in [0.2, 0.25) is 0 Å². The minimum atomic E-state index is 1.01. The summed E-state index contributed by atoms with van der Waals surface area (Å²) in [5, 5.41) is 2.56. The fourth-order valence-corrected chi connectivity index (χ4v) is 1.71. The SMILES string of the molecule is CCc1ncc2ccccc2c1C. The second kappa shape index (κ2) is 3.17. The van der Waals surface area contributed by atoms with E-state index in [-0.39, 0.29) is 0 Å². The lowest BCUT2D eigenvalue weighted by atomic mass is 10.0. The third kappa shape index (κ3) is 1.31. The average molecular weight is 171 g/mol. The number of pyridine rings is 1. The van der Waals surface area contributed by atoms with Gasteiger partial charge in [-0.25, -0.2) is 0 Å². The number of nitrogens with zero attached hydrogens (tertiary/aromatic N) is 1. The first-order chi connectivity index (χ1) is 6.33. The molecule has 0 aliphatic rings. The maximum Gasteiger partial charge on any atom is 0.0436 e. The highest BCUT2D eigenvalue weighted by molar-refractivity contribution is 5.85. The van der Waals surface area contributed by atoms with Crippen molar-refractivity contribution in [3.8, 4) is 0 Å². The number of hydrogen-bond acceptors (Lipinski definition) is 1. The molecule has 0 aliphatic heterocycles. The van der Waals surface area contributed by atoms with Crippen LogP contribution in [0.25, 0.3) is 10.8 Å². The van der Waals surface area contributed by atoms with E-state index in [1.807, 2.05) is 6.20 Å². The maximum atomic E-state index is 4.42. The third-order valence-electron chi connectivity index (χ3n) is 2.49. The molecular weight excluding hydrogens is 158 g/mol. The van der Waals surface area contributed by atoms with E-state index in [1.54, 1.807) is 0 Å². The molecule has 0 bridgehead atoms. The zero-order chi connectivity index (χ0) is 9.26. The first kappa shape index (κ1) is 8.24. The fraction of sp³-hybridized carbons (Fsp3) is 0.250. The van der Waals surface area contributed by atoms with Crippen LogP contribution in [-0.2, 0) is 6.42 Å². The lowest BCUT2D eigenvalue weighted by molar-refractivity contribution is 1.02. The molecule has 1 aromatic carbocycles. The van der Waals surface area contributed by atoms with Crippen molar-refractivity contribution in [3.63, 3.8) is 0 Å². The van der Waals surface area contributed by atoms with Crippen LogP contribution in [-0.4, -0.2) is 4.98 Å². The van der Waals surface area contributed by atoms with Gasteiger partial charge < -0.3 is 0 Å². The summed E-state index contributed by atoms with van der Waals surface area (Å²) in [4.78, 5) is 4.42. The Kier molecular flexibility index (Phi) is 2.01. The Bertz CT molecular complexity index is 432. The Morgan fingerprint density at radius 3 is 2.77 bits per heavy atom. The highest BCUT2D eigenvalue weighted by atomic mass is 14.7. The average Bonchev–Trinajstić information content (AvgIpc) is 2.19. The van der Waals surface area contributed by atoms with E-state index >= 15 is 0 Å². The van der Waals surface area contributed by atoms with Crippen molar-refractivity contribution in [3.05, 3.63) is 41.7 Å². The predicted molar refractivity (Wildman–Crippen MR) is 55.9 cm³/mol. The molecule has 2 rings (SSSR count). The van der Waals surface area contributed by atoms with Gasteiger partial charge in [-0.2, -0.15) is 0 Å². The van der Waals surface area contributed by atoms with Gasteiger partial charge in [-0.05, 0) is 24.3 Å². The molecule has 0 unspecified atom stereocenters. The minimum Gasteiger partial charge on any atom is -0.260 e. The molecule has 0 radical (unpaired) electrons. The third-order valence-corrected chi connectivity index (χ3v) is 2.49. The first-order valence-corrected chi connectivity index (χ1v) is 4.66. The van der Waals surface area contributed by atoms with Gasteiger partial charge in [-0.3, -0.25) is 4.98 Å². The number of aromatic nitrogens is 1. The van der Waals surface area contributed by atoms with Crippen molar-refractivity contribution in [2.24, 2.45) is 0 Å². The van der Waals surface area contributed by atoms with Crippen molar-refractivity contribution in [2.45, 2.75) is 20.3 Å². The molecule has 0 fully saturated rings. The van der Waals surface area contributed by atoms with Crippen molar-refractivity contribution in [1.29, 1.82) is 0 Å². The van der Waals surface area contributed by atoms with Crippen LogP contribution in [0.4, 0.5) is 0 Å². The molecule has 2 aromatic rings. The fourth-order valence-electron chi connectivity index (χ4n) is 1.71. The standard InChI is InChI=1S/C12H13N/c1-3-12-9(2)11-7-5-4-6-10(11)8-13-12/h4-8H,3H2,1-2H3. The van der Waals surface area contributed by atoms with Crippen LogP contribution < -0.4 is 0 Å². The highest BCUT2D eigenvalue weighted by Gasteiger charge is 2.01. The topological polar surface area (TPSA) is 12.9 Å². The van der Waals surface area contributed by atoms with Gasteiger partial charge in [0.2, 0.25) is 0 Å². The quantitative estimate of drug-likeness (QED) is 0.642. The van der Waals surface area contributed by atoms with Gasteiger partial charge >= 0.3 is 0 Å². The molecule has 1 aromatic heterocycles. The van der Waals surface area contributed by atoms with Gasteiger partial charge in [0.05, 0.1) is 0 Å². The Labute approximate surface area is 78.4 Å². The molecule has 0 saturated carbocycles.